The van der Waals surface area contributed by atoms with Gasteiger partial charge in [0.2, 0.25) is 0 Å². The highest BCUT2D eigenvalue weighted by molar-refractivity contribution is 5.73. The van der Waals surface area contributed by atoms with E-state index in [1.54, 1.807) is 0 Å². The fraction of sp³-hybridized carbons (Fsp3) is 0.957. The summed E-state index contributed by atoms with van der Waals surface area (Å²) in [7, 11) is 0. The number of halogens is 1. The van der Waals surface area contributed by atoms with E-state index in [0.29, 0.717) is 0 Å². The third-order valence-corrected chi connectivity index (χ3v) is 5.28. The largest absolute Gasteiger partial charge is 1.00 e. The van der Waals surface area contributed by atoms with E-state index in [1.807, 2.05) is 0 Å². The van der Waals surface area contributed by atoms with Crippen LogP contribution in [0.5, 0.6) is 0 Å². The van der Waals surface area contributed by atoms with Gasteiger partial charge in [-0.05, 0) is 38.5 Å². The number of quaternary nitrogens is 1. The van der Waals surface area contributed by atoms with Gasteiger partial charge in [0.25, 0.3) is 5.96 Å². The van der Waals surface area contributed by atoms with Crippen LogP contribution in [0.1, 0.15) is 106 Å². The van der Waals surface area contributed by atoms with Gasteiger partial charge in [-0.2, -0.15) is 0 Å². The molecule has 0 aromatic heterocycles. The summed E-state index contributed by atoms with van der Waals surface area (Å²) in [5.41, 5.74) is 0. The molecule has 0 aliphatic rings. The van der Waals surface area contributed by atoms with Crippen molar-refractivity contribution in [3.63, 3.8) is 0 Å². The highest BCUT2D eigenvalue weighted by Crippen LogP contribution is 2.20. The van der Waals surface area contributed by atoms with Crippen molar-refractivity contribution in [3.8, 4) is 0 Å². The SMILES string of the molecule is CCCCN=C(N(CCC)CCC)[N+](CCCC)(CCCC)CCCC.[Cl-]. The Kier molecular flexibility index (Phi) is 20.4. The average molecular weight is 404 g/mol. The maximum absolute atomic E-state index is 5.30. The number of aliphatic imine (C=N–C) groups is 1. The summed E-state index contributed by atoms with van der Waals surface area (Å²) >= 11 is 0. The summed E-state index contributed by atoms with van der Waals surface area (Å²) in [6.07, 6.45) is 12.6. The Labute approximate surface area is 178 Å². The van der Waals surface area contributed by atoms with Crippen LogP contribution in [0.15, 0.2) is 4.99 Å². The lowest BCUT2D eigenvalue weighted by atomic mass is 10.1. The van der Waals surface area contributed by atoms with Crippen molar-refractivity contribution >= 4 is 5.96 Å². The minimum absolute atomic E-state index is 0. The molecule has 0 aliphatic carbocycles. The van der Waals surface area contributed by atoms with Crippen LogP contribution in [-0.2, 0) is 0 Å². The van der Waals surface area contributed by atoms with Crippen LogP contribution in [0, 0.1) is 0 Å². The van der Waals surface area contributed by atoms with Crippen LogP contribution in [0.2, 0.25) is 0 Å². The predicted octanol–water partition coefficient (Wildman–Crippen LogP) is 3.49. The minimum atomic E-state index is 0. The first-order valence-corrected chi connectivity index (χ1v) is 11.8. The molecule has 0 aromatic carbocycles. The number of rotatable bonds is 16. The maximum atomic E-state index is 5.30. The van der Waals surface area contributed by atoms with Crippen molar-refractivity contribution in [1.29, 1.82) is 0 Å². The standard InChI is InChI=1S/C23H50N3.ClH/c1-7-13-17-24-23(25(18-11-5)19-12-6)26(20-14-8-2,21-15-9-3)22-16-10-4;/h7-22H2,1-6H3;1H/q+1;/p-1. The molecule has 0 saturated carbocycles. The monoisotopic (exact) mass is 403 g/mol. The molecule has 0 radical (unpaired) electrons. The van der Waals surface area contributed by atoms with Gasteiger partial charge in [-0.15, -0.1) is 0 Å². The van der Waals surface area contributed by atoms with Crippen molar-refractivity contribution in [2.24, 2.45) is 4.99 Å². The molecule has 0 N–H and O–H groups in total. The molecule has 0 fully saturated rings. The molecule has 0 amide bonds. The normalized spacial score (nSPS) is 12.1. The van der Waals surface area contributed by atoms with Crippen LogP contribution >= 0.6 is 0 Å². The molecular formula is C23H50ClN3. The van der Waals surface area contributed by atoms with Gasteiger partial charge in [-0.3, -0.25) is 4.48 Å². The first-order valence-electron chi connectivity index (χ1n) is 11.8. The Bertz CT molecular complexity index is 317. The van der Waals surface area contributed by atoms with Gasteiger partial charge < -0.3 is 17.3 Å². The second-order valence-corrected chi connectivity index (χ2v) is 7.90. The Hall–Kier alpha value is -0.280. The molecule has 0 saturated heterocycles. The first kappa shape index (κ1) is 28.9. The number of hydrogen-bond acceptors (Lipinski definition) is 1. The molecule has 0 bridgehead atoms. The third kappa shape index (κ3) is 11.3. The quantitative estimate of drug-likeness (QED) is 0.167. The molecule has 0 heterocycles. The zero-order valence-corrected chi connectivity index (χ0v) is 20.3. The fourth-order valence-electron chi connectivity index (χ4n) is 3.76. The smallest absolute Gasteiger partial charge is 0.300 e. The molecule has 0 aliphatic heterocycles. The molecule has 164 valence electrons. The van der Waals surface area contributed by atoms with Crippen LogP contribution in [0.25, 0.3) is 0 Å². The Morgan fingerprint density at radius 3 is 1.37 bits per heavy atom. The summed E-state index contributed by atoms with van der Waals surface area (Å²) in [6, 6.07) is 0. The average Bonchev–Trinajstić information content (AvgIpc) is 2.65. The first-order chi connectivity index (χ1) is 12.7. The minimum Gasteiger partial charge on any atom is -1.00 e. The van der Waals surface area contributed by atoms with Crippen LogP contribution in [0.4, 0.5) is 0 Å². The second kappa shape index (κ2) is 19.1. The van der Waals surface area contributed by atoms with E-state index in [2.05, 4.69) is 46.4 Å². The summed E-state index contributed by atoms with van der Waals surface area (Å²) in [4.78, 5) is 7.95. The number of hydrogen-bond donors (Lipinski definition) is 0. The topological polar surface area (TPSA) is 15.6 Å². The van der Waals surface area contributed by atoms with E-state index in [-0.39, 0.29) is 12.4 Å². The summed E-state index contributed by atoms with van der Waals surface area (Å²) in [5, 5.41) is 0. The Morgan fingerprint density at radius 1 is 0.630 bits per heavy atom. The second-order valence-electron chi connectivity index (χ2n) is 7.90. The molecule has 0 unspecified atom stereocenters. The molecule has 0 atom stereocenters. The van der Waals surface area contributed by atoms with Gasteiger partial charge in [0, 0.05) is 19.6 Å². The fourth-order valence-corrected chi connectivity index (χ4v) is 3.76. The zero-order chi connectivity index (χ0) is 19.7. The van der Waals surface area contributed by atoms with Gasteiger partial charge in [0.05, 0.1) is 19.6 Å². The number of unbranched alkanes of at least 4 members (excludes halogenated alkanes) is 4. The van der Waals surface area contributed by atoms with Crippen molar-refractivity contribution in [2.75, 3.05) is 39.3 Å². The van der Waals surface area contributed by atoms with E-state index >= 15 is 0 Å². The van der Waals surface area contributed by atoms with E-state index < -0.39 is 0 Å². The predicted molar refractivity (Wildman–Crippen MR) is 119 cm³/mol. The van der Waals surface area contributed by atoms with Crippen molar-refractivity contribution in [1.82, 2.24) is 4.90 Å². The van der Waals surface area contributed by atoms with Crippen molar-refractivity contribution in [3.05, 3.63) is 0 Å². The van der Waals surface area contributed by atoms with Crippen molar-refractivity contribution < 1.29 is 16.9 Å². The van der Waals surface area contributed by atoms with Gasteiger partial charge in [-0.1, -0.05) is 67.2 Å². The van der Waals surface area contributed by atoms with E-state index in [1.165, 1.54) is 89.8 Å². The zero-order valence-electron chi connectivity index (χ0n) is 19.5. The summed E-state index contributed by atoms with van der Waals surface area (Å²) in [6.45, 7) is 21.0. The van der Waals surface area contributed by atoms with Gasteiger partial charge in [0.1, 0.15) is 0 Å². The lowest BCUT2D eigenvalue weighted by Gasteiger charge is -2.43. The van der Waals surface area contributed by atoms with Crippen LogP contribution in [0.3, 0.4) is 0 Å². The van der Waals surface area contributed by atoms with E-state index in [9.17, 15) is 0 Å². The number of guanidine groups is 1. The molecule has 4 heteroatoms. The van der Waals surface area contributed by atoms with E-state index in [0.717, 1.165) is 24.1 Å². The molecular weight excluding hydrogens is 354 g/mol. The van der Waals surface area contributed by atoms with Crippen LogP contribution < -0.4 is 12.4 Å². The van der Waals surface area contributed by atoms with Gasteiger partial charge in [0.15, 0.2) is 0 Å². The van der Waals surface area contributed by atoms with Crippen molar-refractivity contribution in [2.45, 2.75) is 106 Å². The summed E-state index contributed by atoms with van der Waals surface area (Å²) in [5.74, 6) is 1.43. The Balaban J connectivity index is 0. The lowest BCUT2D eigenvalue weighted by Crippen LogP contribution is -3.00. The highest BCUT2D eigenvalue weighted by Gasteiger charge is 2.36. The third-order valence-electron chi connectivity index (χ3n) is 5.28. The molecule has 0 aromatic rings. The Morgan fingerprint density at radius 2 is 1.04 bits per heavy atom. The highest BCUT2D eigenvalue weighted by atomic mass is 35.5. The number of nitrogens with zero attached hydrogens (tertiary/aromatic N) is 3. The maximum Gasteiger partial charge on any atom is 0.300 e. The lowest BCUT2D eigenvalue weighted by molar-refractivity contribution is -0.848. The molecule has 27 heavy (non-hydrogen) atoms. The van der Waals surface area contributed by atoms with Crippen LogP contribution in [-0.4, -0.2) is 54.6 Å². The molecule has 0 spiro atoms. The molecule has 0 rings (SSSR count). The molecule has 3 nitrogen and oxygen atoms in total. The van der Waals surface area contributed by atoms with Gasteiger partial charge in [-0.25, -0.2) is 4.99 Å². The summed E-state index contributed by atoms with van der Waals surface area (Å²) < 4.78 is 1.14. The van der Waals surface area contributed by atoms with E-state index in [4.69, 9.17) is 4.99 Å². The van der Waals surface area contributed by atoms with Gasteiger partial charge >= 0.3 is 0 Å².